The van der Waals surface area contributed by atoms with Gasteiger partial charge in [-0.15, -0.1) is 0 Å². The lowest BCUT2D eigenvalue weighted by Crippen LogP contribution is -2.34. The average Bonchev–Trinajstić information content (AvgIpc) is 1.87. The molecule has 0 aliphatic rings. The molecule has 0 aliphatic heterocycles. The van der Waals surface area contributed by atoms with E-state index in [1.807, 2.05) is 0 Å². The molecule has 0 N–H and O–H groups in total. The van der Waals surface area contributed by atoms with Crippen LogP contribution in [0.2, 0.25) is 0 Å². The van der Waals surface area contributed by atoms with Gasteiger partial charge in [0.2, 0.25) is 0 Å². The normalized spacial score (nSPS) is 17.5. The first-order valence-electron chi connectivity index (χ1n) is 4.28. The zero-order valence-electron chi connectivity index (χ0n) is 8.76. The van der Waals surface area contributed by atoms with Crippen LogP contribution in [-0.4, -0.2) is 50.1 Å². The zero-order valence-corrected chi connectivity index (χ0v) is 8.76. The first-order valence-corrected chi connectivity index (χ1v) is 4.28. The Kier molecular flexibility index (Phi) is 4.69. The molecule has 0 aromatic carbocycles. The van der Waals surface area contributed by atoms with Gasteiger partial charge in [0, 0.05) is 12.1 Å². The smallest absolute Gasteiger partial charge is 0.00756 e. The summed E-state index contributed by atoms with van der Waals surface area (Å²) in [6.07, 6.45) is 1.24. The summed E-state index contributed by atoms with van der Waals surface area (Å²) in [5.74, 6) is 0. The van der Waals surface area contributed by atoms with Crippen molar-refractivity contribution < 1.29 is 0 Å². The van der Waals surface area contributed by atoms with Gasteiger partial charge >= 0.3 is 0 Å². The fourth-order valence-corrected chi connectivity index (χ4v) is 0.915. The van der Waals surface area contributed by atoms with Crippen molar-refractivity contribution in [2.45, 2.75) is 32.4 Å². The van der Waals surface area contributed by atoms with E-state index in [9.17, 15) is 0 Å². The van der Waals surface area contributed by atoms with E-state index in [-0.39, 0.29) is 0 Å². The average molecular weight is 158 g/mol. The highest BCUT2D eigenvalue weighted by molar-refractivity contribution is 4.68. The first-order chi connectivity index (χ1) is 4.95. The Labute approximate surface area is 71.2 Å². The highest BCUT2D eigenvalue weighted by atomic mass is 15.1. The van der Waals surface area contributed by atoms with Crippen LogP contribution in [0.15, 0.2) is 0 Å². The molecule has 2 heteroatoms. The summed E-state index contributed by atoms with van der Waals surface area (Å²) in [6, 6.07) is 1.35. The molecular weight excluding hydrogens is 136 g/mol. The Morgan fingerprint density at radius 2 is 1.09 bits per heavy atom. The van der Waals surface area contributed by atoms with Crippen LogP contribution < -0.4 is 0 Å². The summed E-state index contributed by atoms with van der Waals surface area (Å²) in [7, 11) is 8.53. The molecule has 0 spiro atoms. The maximum atomic E-state index is 2.26. The predicted molar refractivity (Wildman–Crippen MR) is 50.9 cm³/mol. The van der Waals surface area contributed by atoms with Crippen LogP contribution >= 0.6 is 0 Å². The van der Waals surface area contributed by atoms with Crippen LogP contribution in [0.25, 0.3) is 0 Å². The fraction of sp³-hybridized carbons (Fsp3) is 1.00. The molecule has 2 nitrogen and oxygen atoms in total. The van der Waals surface area contributed by atoms with Gasteiger partial charge < -0.3 is 9.80 Å². The van der Waals surface area contributed by atoms with Crippen molar-refractivity contribution in [3.05, 3.63) is 0 Å². The molecule has 0 aromatic heterocycles. The summed E-state index contributed by atoms with van der Waals surface area (Å²) < 4.78 is 0. The molecule has 0 heterocycles. The lowest BCUT2D eigenvalue weighted by Gasteiger charge is -2.27. The number of nitrogens with zero attached hydrogens (tertiary/aromatic N) is 2. The molecule has 0 aliphatic carbocycles. The van der Waals surface area contributed by atoms with E-state index >= 15 is 0 Å². The molecule has 0 rings (SSSR count). The van der Waals surface area contributed by atoms with Gasteiger partial charge in [-0.2, -0.15) is 0 Å². The van der Waals surface area contributed by atoms with Gasteiger partial charge in [0.1, 0.15) is 0 Å². The molecule has 0 aromatic rings. The Hall–Kier alpha value is -0.0800. The van der Waals surface area contributed by atoms with Gasteiger partial charge in [-0.05, 0) is 48.5 Å². The highest BCUT2D eigenvalue weighted by Gasteiger charge is 2.11. The second-order valence-corrected chi connectivity index (χ2v) is 3.86. The summed E-state index contributed by atoms with van der Waals surface area (Å²) in [6.45, 7) is 4.53. The SMILES string of the molecule is CC(CC(C)N(C)C)N(C)C. The summed E-state index contributed by atoms with van der Waals surface area (Å²) >= 11 is 0. The number of hydrogen-bond donors (Lipinski definition) is 0. The highest BCUT2D eigenvalue weighted by Crippen LogP contribution is 2.05. The standard InChI is InChI=1S/C9H22N2/c1-8(10(3)4)7-9(2)11(5)6/h8-9H,7H2,1-6H3. The van der Waals surface area contributed by atoms with Crippen molar-refractivity contribution in [3.63, 3.8) is 0 Å². The van der Waals surface area contributed by atoms with Crippen molar-refractivity contribution in [3.8, 4) is 0 Å². The van der Waals surface area contributed by atoms with Crippen LogP contribution in [0.4, 0.5) is 0 Å². The Morgan fingerprint density at radius 1 is 0.818 bits per heavy atom. The van der Waals surface area contributed by atoms with Gasteiger partial charge in [0.25, 0.3) is 0 Å². The minimum absolute atomic E-state index is 0.674. The number of hydrogen-bond acceptors (Lipinski definition) is 2. The van der Waals surface area contributed by atoms with Crippen molar-refractivity contribution in [1.29, 1.82) is 0 Å². The summed E-state index contributed by atoms with van der Waals surface area (Å²) in [4.78, 5) is 4.53. The lowest BCUT2D eigenvalue weighted by atomic mass is 10.1. The van der Waals surface area contributed by atoms with Gasteiger partial charge in [0.15, 0.2) is 0 Å². The van der Waals surface area contributed by atoms with Crippen LogP contribution in [0.5, 0.6) is 0 Å². The maximum absolute atomic E-state index is 2.26. The second-order valence-electron chi connectivity index (χ2n) is 3.86. The van der Waals surface area contributed by atoms with Crippen LogP contribution in [0, 0.1) is 0 Å². The predicted octanol–water partition coefficient (Wildman–Crippen LogP) is 1.28. The second kappa shape index (κ2) is 4.73. The molecule has 0 radical (unpaired) electrons. The third-order valence-electron chi connectivity index (χ3n) is 2.45. The van der Waals surface area contributed by atoms with Gasteiger partial charge in [-0.3, -0.25) is 0 Å². The van der Waals surface area contributed by atoms with Crippen molar-refractivity contribution in [1.82, 2.24) is 9.80 Å². The van der Waals surface area contributed by atoms with E-state index in [2.05, 4.69) is 51.8 Å². The molecule has 0 fully saturated rings. The fourth-order valence-electron chi connectivity index (χ4n) is 0.915. The molecule has 0 saturated carbocycles. The first kappa shape index (κ1) is 10.9. The van der Waals surface area contributed by atoms with Gasteiger partial charge in [-0.1, -0.05) is 0 Å². The molecule has 68 valence electrons. The van der Waals surface area contributed by atoms with Crippen LogP contribution in [0.1, 0.15) is 20.3 Å². The largest absolute Gasteiger partial charge is 0.307 e. The van der Waals surface area contributed by atoms with E-state index in [1.54, 1.807) is 0 Å². The Balaban J connectivity index is 3.66. The third kappa shape index (κ3) is 4.38. The molecule has 0 saturated heterocycles. The topological polar surface area (TPSA) is 6.48 Å². The van der Waals surface area contributed by atoms with Crippen molar-refractivity contribution in [2.75, 3.05) is 28.2 Å². The van der Waals surface area contributed by atoms with Crippen LogP contribution in [-0.2, 0) is 0 Å². The summed E-state index contributed by atoms with van der Waals surface area (Å²) in [5.41, 5.74) is 0. The minimum atomic E-state index is 0.674. The summed E-state index contributed by atoms with van der Waals surface area (Å²) in [5, 5.41) is 0. The Bertz CT molecular complexity index is 87.7. The number of rotatable bonds is 4. The van der Waals surface area contributed by atoms with E-state index in [1.165, 1.54) is 6.42 Å². The Morgan fingerprint density at radius 3 is 1.27 bits per heavy atom. The molecule has 0 bridgehead atoms. The third-order valence-corrected chi connectivity index (χ3v) is 2.45. The van der Waals surface area contributed by atoms with Gasteiger partial charge in [-0.25, -0.2) is 0 Å². The quantitative estimate of drug-likeness (QED) is 0.608. The molecule has 0 amide bonds. The van der Waals surface area contributed by atoms with E-state index in [0.29, 0.717) is 12.1 Å². The zero-order chi connectivity index (χ0) is 9.02. The molecule has 11 heavy (non-hydrogen) atoms. The van der Waals surface area contributed by atoms with Crippen molar-refractivity contribution in [2.24, 2.45) is 0 Å². The van der Waals surface area contributed by atoms with E-state index in [0.717, 1.165) is 0 Å². The van der Waals surface area contributed by atoms with Crippen molar-refractivity contribution >= 4 is 0 Å². The van der Waals surface area contributed by atoms with Crippen LogP contribution in [0.3, 0.4) is 0 Å². The van der Waals surface area contributed by atoms with E-state index < -0.39 is 0 Å². The lowest BCUT2D eigenvalue weighted by molar-refractivity contribution is 0.219. The molecule has 2 unspecified atom stereocenters. The maximum Gasteiger partial charge on any atom is 0.00756 e. The van der Waals surface area contributed by atoms with E-state index in [4.69, 9.17) is 0 Å². The van der Waals surface area contributed by atoms with Gasteiger partial charge in [0.05, 0.1) is 0 Å². The minimum Gasteiger partial charge on any atom is -0.307 e. The molecule has 2 atom stereocenters. The molecular formula is C9H22N2. The monoisotopic (exact) mass is 158 g/mol.